The summed E-state index contributed by atoms with van der Waals surface area (Å²) in [6.07, 6.45) is -3.18. The van der Waals surface area contributed by atoms with Crippen molar-refractivity contribution in [1.82, 2.24) is 4.98 Å². The second-order valence-corrected chi connectivity index (χ2v) is 8.54. The number of aromatic nitrogens is 1. The number of sulfonamides is 1. The van der Waals surface area contributed by atoms with E-state index < -0.39 is 33.4 Å². The van der Waals surface area contributed by atoms with Crippen molar-refractivity contribution in [3.8, 4) is 0 Å². The van der Waals surface area contributed by atoms with Crippen molar-refractivity contribution in [3.05, 3.63) is 82.5 Å². The first-order chi connectivity index (χ1) is 14.5. The van der Waals surface area contributed by atoms with Gasteiger partial charge in [0.05, 0.1) is 21.2 Å². The van der Waals surface area contributed by atoms with E-state index in [-0.39, 0.29) is 15.5 Å². The van der Waals surface area contributed by atoms with Crippen molar-refractivity contribution in [2.45, 2.75) is 18.0 Å². The molecule has 31 heavy (non-hydrogen) atoms. The molecule has 0 radical (unpaired) electrons. The van der Waals surface area contributed by atoms with Gasteiger partial charge in [-0.2, -0.15) is 13.2 Å². The summed E-state index contributed by atoms with van der Waals surface area (Å²) >= 11 is 5.86. The molecule has 3 rings (SSSR count). The molecule has 1 amide bonds. The molecule has 0 saturated heterocycles. The molecular weight excluding hydrogens is 455 g/mol. The fraction of sp³-hybridized carbons (Fsp3) is 0.100. The molecule has 0 aliphatic rings. The van der Waals surface area contributed by atoms with E-state index in [0.717, 1.165) is 18.2 Å². The van der Waals surface area contributed by atoms with E-state index in [1.165, 1.54) is 24.4 Å². The Kier molecular flexibility index (Phi) is 6.23. The lowest BCUT2D eigenvalue weighted by Crippen LogP contribution is -2.17. The zero-order valence-corrected chi connectivity index (χ0v) is 17.4. The average Bonchev–Trinajstić information content (AvgIpc) is 2.70. The summed E-state index contributed by atoms with van der Waals surface area (Å²) in [6.45, 7) is 1.74. The molecule has 1 aromatic heterocycles. The second kappa shape index (κ2) is 8.56. The lowest BCUT2D eigenvalue weighted by Gasteiger charge is -2.13. The maximum Gasteiger partial charge on any atom is 0.416 e. The van der Waals surface area contributed by atoms with Crippen LogP contribution >= 0.6 is 11.6 Å². The van der Waals surface area contributed by atoms with Gasteiger partial charge in [-0.3, -0.25) is 9.52 Å². The van der Waals surface area contributed by atoms with E-state index in [9.17, 15) is 26.4 Å². The van der Waals surface area contributed by atoms with Gasteiger partial charge in [0.1, 0.15) is 5.82 Å². The molecular formula is C20H15ClF3N3O3S. The van der Waals surface area contributed by atoms with Crippen LogP contribution in [-0.2, 0) is 16.2 Å². The van der Waals surface area contributed by atoms with Crippen LogP contribution < -0.4 is 10.0 Å². The third-order valence-electron chi connectivity index (χ3n) is 4.19. The number of benzene rings is 2. The van der Waals surface area contributed by atoms with Crippen LogP contribution in [0.1, 0.15) is 21.5 Å². The third kappa shape index (κ3) is 5.33. The van der Waals surface area contributed by atoms with Crippen LogP contribution in [-0.4, -0.2) is 19.3 Å². The maximum atomic E-state index is 12.9. The topological polar surface area (TPSA) is 88.2 Å². The summed E-state index contributed by atoms with van der Waals surface area (Å²) in [4.78, 5) is 16.2. The van der Waals surface area contributed by atoms with Gasteiger partial charge in [-0.25, -0.2) is 13.4 Å². The zero-order chi connectivity index (χ0) is 22.8. The number of halogens is 4. The van der Waals surface area contributed by atoms with Crippen LogP contribution in [0.3, 0.4) is 0 Å². The number of aryl methyl sites for hydroxylation is 1. The van der Waals surface area contributed by atoms with Crippen molar-refractivity contribution < 1.29 is 26.4 Å². The molecule has 0 bridgehead atoms. The van der Waals surface area contributed by atoms with Crippen LogP contribution in [0.25, 0.3) is 0 Å². The third-order valence-corrected chi connectivity index (χ3v) is 5.88. The highest BCUT2D eigenvalue weighted by Gasteiger charge is 2.31. The Morgan fingerprint density at radius 3 is 2.48 bits per heavy atom. The number of rotatable bonds is 5. The predicted octanol–water partition coefficient (Wildman–Crippen LogP) is 5.12. The molecule has 0 fully saturated rings. The number of pyridine rings is 1. The van der Waals surface area contributed by atoms with E-state index in [0.29, 0.717) is 17.4 Å². The van der Waals surface area contributed by atoms with Crippen LogP contribution in [0.4, 0.5) is 24.7 Å². The lowest BCUT2D eigenvalue weighted by atomic mass is 10.2. The number of nitrogens with zero attached hydrogens (tertiary/aromatic N) is 1. The van der Waals surface area contributed by atoms with Gasteiger partial charge in [0, 0.05) is 11.8 Å². The fourth-order valence-corrected chi connectivity index (χ4v) is 3.92. The minimum absolute atomic E-state index is 0.0167. The monoisotopic (exact) mass is 469 g/mol. The van der Waals surface area contributed by atoms with Gasteiger partial charge in [0.25, 0.3) is 15.9 Å². The lowest BCUT2D eigenvalue weighted by molar-refractivity contribution is -0.137. The largest absolute Gasteiger partial charge is 0.416 e. The molecule has 0 aliphatic carbocycles. The van der Waals surface area contributed by atoms with E-state index >= 15 is 0 Å². The maximum absolute atomic E-state index is 12.9. The van der Waals surface area contributed by atoms with Gasteiger partial charge < -0.3 is 5.32 Å². The molecule has 0 unspecified atom stereocenters. The Hall–Kier alpha value is -3.11. The molecule has 1 heterocycles. The van der Waals surface area contributed by atoms with Gasteiger partial charge in [0.15, 0.2) is 0 Å². The Morgan fingerprint density at radius 1 is 1.06 bits per heavy atom. The molecule has 0 saturated carbocycles. The molecule has 0 spiro atoms. The normalized spacial score (nSPS) is 11.8. The molecule has 3 aromatic rings. The molecule has 0 aliphatic heterocycles. The van der Waals surface area contributed by atoms with Gasteiger partial charge in [-0.1, -0.05) is 23.7 Å². The van der Waals surface area contributed by atoms with E-state index in [4.69, 9.17) is 11.6 Å². The van der Waals surface area contributed by atoms with Crippen LogP contribution in [0.15, 0.2) is 65.7 Å². The number of hydrogen-bond acceptors (Lipinski definition) is 4. The number of alkyl halides is 3. The Morgan fingerprint density at radius 2 is 1.81 bits per heavy atom. The summed E-state index contributed by atoms with van der Waals surface area (Å²) in [6, 6.07) is 10.7. The Balaban J connectivity index is 1.88. The standard InChI is InChI=1S/C20H15ClF3N3O3S/c1-12-4-3-9-25-18(12)26-19(28)13-5-2-6-15(10-13)31(29,30)27-17-11-14(20(22,23)24)7-8-16(17)21/h2-11,27H,1H3,(H,25,26,28). The summed E-state index contributed by atoms with van der Waals surface area (Å²) in [5.41, 5.74) is -0.771. The van der Waals surface area contributed by atoms with E-state index in [2.05, 4.69) is 10.3 Å². The van der Waals surface area contributed by atoms with Crippen molar-refractivity contribution in [2.75, 3.05) is 10.0 Å². The van der Waals surface area contributed by atoms with Crippen LogP contribution in [0.2, 0.25) is 5.02 Å². The number of nitrogens with one attached hydrogen (secondary N) is 2. The number of carbonyl (C=O) groups is 1. The summed E-state index contributed by atoms with van der Waals surface area (Å²) in [5, 5.41) is 2.36. The minimum Gasteiger partial charge on any atom is -0.306 e. The van der Waals surface area contributed by atoms with Crippen LogP contribution in [0, 0.1) is 6.92 Å². The Labute approximate surface area is 181 Å². The first-order valence-corrected chi connectivity index (χ1v) is 10.6. The molecule has 162 valence electrons. The number of anilines is 2. The van der Waals surface area contributed by atoms with Crippen molar-refractivity contribution in [1.29, 1.82) is 0 Å². The molecule has 11 heteroatoms. The molecule has 6 nitrogen and oxygen atoms in total. The van der Waals surface area contributed by atoms with E-state index in [1.807, 2.05) is 4.72 Å². The number of amides is 1. The van der Waals surface area contributed by atoms with Crippen LogP contribution in [0.5, 0.6) is 0 Å². The highest BCUT2D eigenvalue weighted by atomic mass is 35.5. The average molecular weight is 470 g/mol. The summed E-state index contributed by atoms with van der Waals surface area (Å²) in [7, 11) is -4.33. The van der Waals surface area contributed by atoms with Gasteiger partial charge >= 0.3 is 6.18 Å². The molecule has 2 aromatic carbocycles. The van der Waals surface area contributed by atoms with Gasteiger partial charge in [-0.05, 0) is 55.0 Å². The van der Waals surface area contributed by atoms with E-state index in [1.54, 1.807) is 19.1 Å². The first kappa shape index (κ1) is 22.6. The summed E-state index contributed by atoms with van der Waals surface area (Å²) in [5.74, 6) is -0.286. The smallest absolute Gasteiger partial charge is 0.306 e. The van der Waals surface area contributed by atoms with Crippen molar-refractivity contribution in [3.63, 3.8) is 0 Å². The summed E-state index contributed by atoms with van der Waals surface area (Å²) < 4.78 is 66.3. The zero-order valence-electron chi connectivity index (χ0n) is 15.9. The SMILES string of the molecule is Cc1cccnc1NC(=O)c1cccc(S(=O)(=O)Nc2cc(C(F)(F)F)ccc2Cl)c1. The predicted molar refractivity (Wildman–Crippen MR) is 111 cm³/mol. The Bertz CT molecular complexity index is 1250. The van der Waals surface area contributed by atoms with Gasteiger partial charge in [0.2, 0.25) is 0 Å². The van der Waals surface area contributed by atoms with Gasteiger partial charge in [-0.15, -0.1) is 0 Å². The van der Waals surface area contributed by atoms with Crippen molar-refractivity contribution in [2.24, 2.45) is 0 Å². The number of carbonyl (C=O) groups excluding carboxylic acids is 1. The quantitative estimate of drug-likeness (QED) is 0.543. The first-order valence-electron chi connectivity index (χ1n) is 8.70. The highest BCUT2D eigenvalue weighted by Crippen LogP contribution is 2.34. The second-order valence-electron chi connectivity index (χ2n) is 6.45. The molecule has 2 N–H and O–H groups in total. The molecule has 0 atom stereocenters. The van der Waals surface area contributed by atoms with Crippen molar-refractivity contribution >= 4 is 39.0 Å². The highest BCUT2D eigenvalue weighted by molar-refractivity contribution is 7.92. The number of hydrogen-bond donors (Lipinski definition) is 2. The fourth-order valence-electron chi connectivity index (χ4n) is 2.58. The minimum atomic E-state index is -4.67.